The molecule has 0 fully saturated rings. The molecular formula is C20H23N5O. The second kappa shape index (κ2) is 8.40. The zero-order valence-electron chi connectivity index (χ0n) is 15.0. The summed E-state index contributed by atoms with van der Waals surface area (Å²) in [7, 11) is 0. The van der Waals surface area contributed by atoms with E-state index in [1.54, 1.807) is 0 Å². The molecule has 3 rings (SSSR count). The Kier molecular flexibility index (Phi) is 5.76. The summed E-state index contributed by atoms with van der Waals surface area (Å²) in [5.74, 6) is 0.771. The van der Waals surface area contributed by atoms with Crippen molar-refractivity contribution in [1.29, 1.82) is 0 Å². The van der Waals surface area contributed by atoms with Gasteiger partial charge in [-0.25, -0.2) is 5.43 Å². The van der Waals surface area contributed by atoms with Gasteiger partial charge in [0.25, 0.3) is 0 Å². The fraction of sp³-hybridized carbons (Fsp3) is 0.250. The van der Waals surface area contributed by atoms with Crippen LogP contribution in [-0.2, 0) is 19.4 Å². The van der Waals surface area contributed by atoms with Crippen molar-refractivity contribution in [2.75, 3.05) is 5.43 Å². The average molecular weight is 349 g/mol. The molecule has 0 bridgehead atoms. The molecule has 6 heteroatoms. The molecule has 0 spiro atoms. The summed E-state index contributed by atoms with van der Waals surface area (Å²) >= 11 is 0. The van der Waals surface area contributed by atoms with E-state index in [1.165, 1.54) is 0 Å². The number of benzene rings is 2. The summed E-state index contributed by atoms with van der Waals surface area (Å²) in [5.41, 5.74) is 10.4. The van der Waals surface area contributed by atoms with Crippen molar-refractivity contribution in [3.8, 4) is 17.4 Å². The molecular weight excluding hydrogens is 326 g/mol. The van der Waals surface area contributed by atoms with Gasteiger partial charge < -0.3 is 5.11 Å². The lowest BCUT2D eigenvalue weighted by Crippen LogP contribution is -2.22. The molecule has 26 heavy (non-hydrogen) atoms. The smallest absolute Gasteiger partial charge is 0.319 e. The van der Waals surface area contributed by atoms with Gasteiger partial charge in [-0.15, -0.1) is 0 Å². The van der Waals surface area contributed by atoms with Crippen LogP contribution >= 0.6 is 0 Å². The molecule has 3 N–H and O–H groups in total. The van der Waals surface area contributed by atoms with E-state index in [2.05, 4.69) is 51.8 Å². The van der Waals surface area contributed by atoms with E-state index in [1.807, 2.05) is 36.4 Å². The van der Waals surface area contributed by atoms with Gasteiger partial charge in [0.15, 0.2) is 5.82 Å². The summed E-state index contributed by atoms with van der Waals surface area (Å²) < 4.78 is 0. The van der Waals surface area contributed by atoms with Gasteiger partial charge in [-0.05, 0) is 29.5 Å². The molecule has 2 aromatic carbocycles. The zero-order chi connectivity index (χ0) is 18.4. The molecule has 0 aliphatic heterocycles. The third-order valence-corrected chi connectivity index (χ3v) is 4.18. The Hall–Kier alpha value is -2.99. The number of rotatable bonds is 7. The summed E-state index contributed by atoms with van der Waals surface area (Å²) in [6.07, 6.45) is 1.73. The molecule has 0 radical (unpaired) electrons. The number of hydrogen-bond donors (Lipinski definition) is 3. The summed E-state index contributed by atoms with van der Waals surface area (Å²) in [6, 6.07) is 15.9. The molecule has 0 amide bonds. The Balaban J connectivity index is 1.84. The van der Waals surface area contributed by atoms with Crippen molar-refractivity contribution in [1.82, 2.24) is 20.4 Å². The van der Waals surface area contributed by atoms with E-state index in [0.717, 1.165) is 35.1 Å². The van der Waals surface area contributed by atoms with Crippen LogP contribution in [0.5, 0.6) is 6.01 Å². The largest absolute Gasteiger partial charge is 0.479 e. The number of aromatic hydroxyl groups is 1. The van der Waals surface area contributed by atoms with Gasteiger partial charge in [-0.3, -0.25) is 5.43 Å². The maximum absolute atomic E-state index is 9.97. The van der Waals surface area contributed by atoms with Gasteiger partial charge in [0, 0.05) is 12.1 Å². The number of hydrazine groups is 1. The molecule has 3 aromatic rings. The summed E-state index contributed by atoms with van der Waals surface area (Å²) in [4.78, 5) is 12.6. The first-order chi connectivity index (χ1) is 12.7. The Labute approximate surface area is 153 Å². The Bertz CT molecular complexity index is 845. The Morgan fingerprint density at radius 1 is 0.846 bits per heavy atom. The van der Waals surface area contributed by atoms with Crippen LogP contribution in [0.2, 0.25) is 0 Å². The van der Waals surface area contributed by atoms with E-state index >= 15 is 0 Å². The van der Waals surface area contributed by atoms with Gasteiger partial charge >= 0.3 is 6.01 Å². The van der Waals surface area contributed by atoms with Crippen molar-refractivity contribution >= 4 is 5.95 Å². The lowest BCUT2D eigenvalue weighted by Gasteiger charge is -2.13. The second-order valence-corrected chi connectivity index (χ2v) is 5.91. The van der Waals surface area contributed by atoms with Gasteiger partial charge in [0.05, 0.1) is 0 Å². The molecule has 6 nitrogen and oxygen atoms in total. The number of nitrogens with zero attached hydrogens (tertiary/aromatic N) is 3. The molecule has 0 unspecified atom stereocenters. The van der Waals surface area contributed by atoms with E-state index in [4.69, 9.17) is 0 Å². The van der Waals surface area contributed by atoms with E-state index in [-0.39, 0.29) is 12.0 Å². The zero-order valence-corrected chi connectivity index (χ0v) is 15.0. The lowest BCUT2D eigenvalue weighted by atomic mass is 9.97. The normalized spacial score (nSPS) is 10.7. The minimum absolute atomic E-state index is 0.288. The minimum atomic E-state index is -0.299. The molecule has 0 aliphatic carbocycles. The molecule has 0 atom stereocenters. The molecule has 0 aliphatic rings. The van der Waals surface area contributed by atoms with Crippen molar-refractivity contribution in [3.05, 3.63) is 65.2 Å². The van der Waals surface area contributed by atoms with Gasteiger partial charge in [0.2, 0.25) is 5.95 Å². The van der Waals surface area contributed by atoms with E-state index in [0.29, 0.717) is 12.4 Å². The van der Waals surface area contributed by atoms with Crippen LogP contribution in [0, 0.1) is 0 Å². The number of nitrogens with one attached hydrogen (secondary N) is 2. The van der Waals surface area contributed by atoms with Gasteiger partial charge in [-0.1, -0.05) is 62.4 Å². The van der Waals surface area contributed by atoms with Crippen LogP contribution in [0.3, 0.4) is 0 Å². The third kappa shape index (κ3) is 4.15. The Morgan fingerprint density at radius 2 is 1.54 bits per heavy atom. The maximum Gasteiger partial charge on any atom is 0.319 e. The van der Waals surface area contributed by atoms with Crippen LogP contribution in [0.4, 0.5) is 5.95 Å². The molecule has 0 saturated carbocycles. The van der Waals surface area contributed by atoms with E-state index in [9.17, 15) is 5.11 Å². The first-order valence-corrected chi connectivity index (χ1v) is 8.80. The molecule has 0 saturated heterocycles. The maximum atomic E-state index is 9.97. The van der Waals surface area contributed by atoms with Gasteiger partial charge in [0.1, 0.15) is 0 Å². The average Bonchev–Trinajstić information content (AvgIpc) is 2.67. The first-order valence-electron chi connectivity index (χ1n) is 8.80. The predicted octanol–water partition coefficient (Wildman–Crippen LogP) is 3.49. The van der Waals surface area contributed by atoms with Crippen LogP contribution < -0.4 is 10.9 Å². The van der Waals surface area contributed by atoms with Gasteiger partial charge in [-0.2, -0.15) is 15.0 Å². The highest BCUT2D eigenvalue weighted by atomic mass is 16.3. The van der Waals surface area contributed by atoms with Crippen LogP contribution in [0.15, 0.2) is 48.5 Å². The number of anilines is 1. The van der Waals surface area contributed by atoms with E-state index < -0.39 is 0 Å². The fourth-order valence-corrected chi connectivity index (χ4v) is 2.88. The second-order valence-electron chi connectivity index (χ2n) is 5.91. The molecule has 134 valence electrons. The fourth-order valence-electron chi connectivity index (χ4n) is 2.88. The highest BCUT2D eigenvalue weighted by Gasteiger charge is 2.14. The number of hydrogen-bond acceptors (Lipinski definition) is 6. The first kappa shape index (κ1) is 17.8. The van der Waals surface area contributed by atoms with Crippen molar-refractivity contribution < 1.29 is 5.11 Å². The van der Waals surface area contributed by atoms with Crippen LogP contribution in [0.25, 0.3) is 11.4 Å². The van der Waals surface area contributed by atoms with Crippen molar-refractivity contribution in [2.24, 2.45) is 0 Å². The number of aryl methyl sites for hydroxylation is 2. The lowest BCUT2D eigenvalue weighted by molar-refractivity contribution is 0.429. The monoisotopic (exact) mass is 349 g/mol. The SMILES string of the molecule is CCc1cccc(CC)c1-c1nc(O)nc(NNCc2ccccc2)n1. The number of aromatic nitrogens is 3. The Morgan fingerprint density at radius 3 is 2.19 bits per heavy atom. The van der Waals surface area contributed by atoms with Crippen LogP contribution in [0.1, 0.15) is 30.5 Å². The highest BCUT2D eigenvalue weighted by Crippen LogP contribution is 2.27. The third-order valence-electron chi connectivity index (χ3n) is 4.18. The summed E-state index contributed by atoms with van der Waals surface area (Å²) in [6.45, 7) is 4.80. The molecule has 1 aromatic heterocycles. The van der Waals surface area contributed by atoms with Crippen LogP contribution in [-0.4, -0.2) is 20.1 Å². The summed E-state index contributed by atoms with van der Waals surface area (Å²) in [5, 5.41) is 9.97. The quantitative estimate of drug-likeness (QED) is 0.567. The van der Waals surface area contributed by atoms with Crippen molar-refractivity contribution in [3.63, 3.8) is 0 Å². The minimum Gasteiger partial charge on any atom is -0.479 e. The molecule has 1 heterocycles. The standard InChI is InChI=1S/C20H23N5O/c1-3-15-11-8-12-16(4-2)17(15)18-22-19(24-20(26)23-18)25-21-13-14-9-6-5-7-10-14/h5-12,21H,3-4,13H2,1-2H3,(H2,22,23,24,25,26). The highest BCUT2D eigenvalue weighted by molar-refractivity contribution is 5.66. The topological polar surface area (TPSA) is 83.0 Å². The van der Waals surface area contributed by atoms with Crippen molar-refractivity contribution in [2.45, 2.75) is 33.2 Å². The predicted molar refractivity (Wildman–Crippen MR) is 103 cm³/mol.